The van der Waals surface area contributed by atoms with Crippen molar-refractivity contribution in [1.29, 1.82) is 0 Å². The number of fused-ring (bicyclic) bond motifs is 1. The van der Waals surface area contributed by atoms with E-state index in [2.05, 4.69) is 0 Å². The number of hydrogen-bond acceptors (Lipinski definition) is 3. The Labute approximate surface area is 130 Å². The fourth-order valence-electron chi connectivity index (χ4n) is 2.14. The summed E-state index contributed by atoms with van der Waals surface area (Å²) in [5, 5.41) is 8.99. The number of carbonyl (C=O) groups is 1. The molecule has 3 rings (SSSR count). The zero-order valence-electron chi connectivity index (χ0n) is 11.2. The Morgan fingerprint density at radius 1 is 1.23 bits per heavy atom. The molecule has 2 aromatic carbocycles. The van der Waals surface area contributed by atoms with Crippen LogP contribution in [-0.2, 0) is 6.54 Å². The van der Waals surface area contributed by atoms with Crippen molar-refractivity contribution >= 4 is 30.3 Å². The minimum absolute atomic E-state index is 0.174. The van der Waals surface area contributed by atoms with Gasteiger partial charge in [-0.2, -0.15) is 0 Å². The van der Waals surface area contributed by atoms with Crippen molar-refractivity contribution in [1.82, 2.24) is 9.04 Å². The van der Waals surface area contributed by atoms with Crippen LogP contribution in [0.3, 0.4) is 0 Å². The zero-order chi connectivity index (χ0) is 15.7. The van der Waals surface area contributed by atoms with E-state index in [1.54, 1.807) is 39.4 Å². The Balaban J connectivity index is 1.91. The van der Waals surface area contributed by atoms with Gasteiger partial charge in [-0.3, -0.25) is 0 Å². The maximum absolute atomic E-state index is 13.2. The van der Waals surface area contributed by atoms with Crippen molar-refractivity contribution < 1.29 is 14.4 Å². The van der Waals surface area contributed by atoms with Crippen molar-refractivity contribution in [2.75, 3.05) is 0 Å². The third-order valence-electron chi connectivity index (χ3n) is 3.25. The average Bonchev–Trinajstić information content (AvgIpc) is 2.83. The summed E-state index contributed by atoms with van der Waals surface area (Å²) in [6, 6.07) is 10.9. The standard InChI is InChI=1S/C15H11FN2O3Se/c16-11-5-6-13-12(7-11)15(20)18(22-13)8-9-1-3-10(4-2-9)14(19)17-21/h1-7,21H,8H2,(H,17,19). The molecular weight excluding hydrogens is 354 g/mol. The van der Waals surface area contributed by atoms with Crippen molar-refractivity contribution in [3.63, 3.8) is 0 Å². The molecule has 2 N–H and O–H groups in total. The second-order valence-corrected chi connectivity index (χ2v) is 6.94. The van der Waals surface area contributed by atoms with Crippen molar-refractivity contribution in [2.24, 2.45) is 0 Å². The summed E-state index contributed by atoms with van der Waals surface area (Å²) < 4.78 is 15.8. The summed E-state index contributed by atoms with van der Waals surface area (Å²) in [5.41, 5.74) is 2.58. The van der Waals surface area contributed by atoms with E-state index in [1.807, 2.05) is 0 Å². The van der Waals surface area contributed by atoms with Gasteiger partial charge in [0, 0.05) is 0 Å². The quantitative estimate of drug-likeness (QED) is 0.418. The molecule has 0 aliphatic carbocycles. The molecule has 0 fully saturated rings. The van der Waals surface area contributed by atoms with Gasteiger partial charge in [-0.25, -0.2) is 0 Å². The van der Waals surface area contributed by atoms with E-state index < -0.39 is 11.7 Å². The fourth-order valence-corrected chi connectivity index (χ4v) is 4.25. The molecule has 0 saturated carbocycles. The summed E-state index contributed by atoms with van der Waals surface area (Å²) in [5.74, 6) is -1.000. The van der Waals surface area contributed by atoms with Crippen LogP contribution < -0.4 is 11.0 Å². The predicted octanol–water partition coefficient (Wildman–Crippen LogP) is 1.36. The second-order valence-electron chi connectivity index (χ2n) is 4.71. The minimum atomic E-state index is -0.587. The number of nitrogens with one attached hydrogen (secondary N) is 1. The molecule has 1 heterocycles. The Bertz CT molecular complexity index is 899. The topological polar surface area (TPSA) is 71.3 Å². The molecule has 3 aromatic rings. The number of carbonyl (C=O) groups excluding carboxylic acids is 1. The zero-order valence-corrected chi connectivity index (χ0v) is 13.0. The fraction of sp³-hybridized carbons (Fsp3) is 0.0667. The van der Waals surface area contributed by atoms with Crippen LogP contribution >= 0.6 is 0 Å². The number of halogens is 1. The molecule has 1 aromatic heterocycles. The summed E-state index contributed by atoms with van der Waals surface area (Å²) >= 11 is -0.179. The average molecular weight is 365 g/mol. The normalized spacial score (nSPS) is 10.8. The first-order chi connectivity index (χ1) is 10.6. The number of hydrogen-bond donors (Lipinski definition) is 2. The van der Waals surface area contributed by atoms with Gasteiger partial charge in [-0.1, -0.05) is 0 Å². The first kappa shape index (κ1) is 14.7. The molecular formula is C15H11FN2O3Se. The molecule has 0 saturated heterocycles. The van der Waals surface area contributed by atoms with Gasteiger partial charge >= 0.3 is 130 Å². The van der Waals surface area contributed by atoms with E-state index in [0.717, 1.165) is 9.82 Å². The van der Waals surface area contributed by atoms with E-state index in [-0.39, 0.29) is 20.3 Å². The van der Waals surface area contributed by atoms with Gasteiger partial charge < -0.3 is 0 Å². The number of hydroxylamine groups is 1. The molecule has 0 aliphatic heterocycles. The molecule has 0 aliphatic rings. The van der Waals surface area contributed by atoms with Crippen LogP contribution in [0.15, 0.2) is 47.3 Å². The van der Waals surface area contributed by atoms with Crippen molar-refractivity contribution in [3.05, 3.63) is 69.8 Å². The van der Waals surface area contributed by atoms with Gasteiger partial charge in [0.05, 0.1) is 0 Å². The Kier molecular flexibility index (Phi) is 3.94. The van der Waals surface area contributed by atoms with Gasteiger partial charge in [0.2, 0.25) is 0 Å². The van der Waals surface area contributed by atoms with Gasteiger partial charge in [-0.05, 0) is 0 Å². The predicted molar refractivity (Wildman–Crippen MR) is 79.9 cm³/mol. The number of nitrogens with zero attached hydrogens (tertiary/aromatic N) is 1. The van der Waals surface area contributed by atoms with Crippen LogP contribution in [0, 0.1) is 5.82 Å². The molecule has 5 nitrogen and oxygen atoms in total. The molecule has 0 bridgehead atoms. The van der Waals surface area contributed by atoms with E-state index in [0.29, 0.717) is 17.5 Å². The third kappa shape index (κ3) is 2.74. The van der Waals surface area contributed by atoms with Crippen molar-refractivity contribution in [3.8, 4) is 0 Å². The van der Waals surface area contributed by atoms with Gasteiger partial charge in [0.25, 0.3) is 0 Å². The molecule has 7 heteroatoms. The van der Waals surface area contributed by atoms with Crippen LogP contribution in [0.2, 0.25) is 0 Å². The molecule has 0 spiro atoms. The van der Waals surface area contributed by atoms with E-state index in [4.69, 9.17) is 5.21 Å². The number of amides is 1. The monoisotopic (exact) mass is 366 g/mol. The molecule has 0 unspecified atom stereocenters. The molecule has 112 valence electrons. The first-order valence-electron chi connectivity index (χ1n) is 6.41. The SMILES string of the molecule is O=C(NO)c1ccc(Cn2[se]c3ccc(F)cc3c2=O)cc1. The molecule has 22 heavy (non-hydrogen) atoms. The van der Waals surface area contributed by atoms with Crippen LogP contribution in [0.5, 0.6) is 0 Å². The van der Waals surface area contributed by atoms with Gasteiger partial charge in [-0.15, -0.1) is 0 Å². The van der Waals surface area contributed by atoms with Crippen LogP contribution in [0.25, 0.3) is 9.65 Å². The molecule has 0 radical (unpaired) electrons. The Hall–Kier alpha value is -2.21. The van der Waals surface area contributed by atoms with E-state index >= 15 is 0 Å². The van der Waals surface area contributed by atoms with Crippen LogP contribution in [0.4, 0.5) is 4.39 Å². The van der Waals surface area contributed by atoms with Gasteiger partial charge in [0.1, 0.15) is 0 Å². The summed E-state index contributed by atoms with van der Waals surface area (Å²) in [6.45, 7) is 0.399. The Morgan fingerprint density at radius 3 is 2.64 bits per heavy atom. The summed E-state index contributed by atoms with van der Waals surface area (Å²) in [4.78, 5) is 23.5. The number of rotatable bonds is 3. The third-order valence-corrected chi connectivity index (χ3v) is 5.49. The van der Waals surface area contributed by atoms with E-state index in [9.17, 15) is 14.0 Å². The first-order valence-corrected chi connectivity index (χ1v) is 8.03. The van der Waals surface area contributed by atoms with Crippen LogP contribution in [-0.4, -0.2) is 29.4 Å². The molecule has 0 atom stereocenters. The summed E-state index contributed by atoms with van der Waals surface area (Å²) in [7, 11) is 0. The van der Waals surface area contributed by atoms with Crippen molar-refractivity contribution in [2.45, 2.75) is 6.54 Å². The second kappa shape index (κ2) is 5.88. The van der Waals surface area contributed by atoms with E-state index in [1.165, 1.54) is 12.1 Å². The maximum atomic E-state index is 13.2. The summed E-state index contributed by atoms with van der Waals surface area (Å²) in [6.07, 6.45) is 0. The van der Waals surface area contributed by atoms with Crippen LogP contribution in [0.1, 0.15) is 15.9 Å². The number of aromatic nitrogens is 1. The Morgan fingerprint density at radius 2 is 1.95 bits per heavy atom. The number of benzene rings is 2. The van der Waals surface area contributed by atoms with Gasteiger partial charge in [0.15, 0.2) is 0 Å². The molecule has 1 amide bonds.